The lowest BCUT2D eigenvalue weighted by atomic mass is 9.71. The van der Waals surface area contributed by atoms with Gasteiger partial charge in [0.25, 0.3) is 0 Å². The number of rotatable bonds is 2. The summed E-state index contributed by atoms with van der Waals surface area (Å²) < 4.78 is 44.8. The monoisotopic (exact) mass is 427 g/mol. The standard InChI is InChI=1S/C21H28F3N3O3/c1-5-15-20(7-10-26(11-8-20)18(29)30-19(2,3)4)13-17(28)27(15)16-12-14(6-9-25-16)21(22,23)24/h6,9,12,15H,5,7-8,10-11,13H2,1-4H3. The fraction of sp³-hybridized carbons (Fsp3) is 0.667. The second-order valence-corrected chi connectivity index (χ2v) is 9.09. The predicted octanol–water partition coefficient (Wildman–Crippen LogP) is 4.63. The zero-order valence-electron chi connectivity index (χ0n) is 17.8. The number of hydrogen-bond acceptors (Lipinski definition) is 4. The molecule has 0 aliphatic carbocycles. The number of hydrogen-bond donors (Lipinski definition) is 0. The predicted molar refractivity (Wildman–Crippen MR) is 105 cm³/mol. The van der Waals surface area contributed by atoms with Gasteiger partial charge in [-0.2, -0.15) is 13.2 Å². The molecule has 166 valence electrons. The number of alkyl halides is 3. The van der Waals surface area contributed by atoms with Crippen molar-refractivity contribution in [2.45, 2.75) is 71.2 Å². The summed E-state index contributed by atoms with van der Waals surface area (Å²) in [5, 5.41) is 0. The number of pyridine rings is 1. The molecular weight excluding hydrogens is 399 g/mol. The second kappa shape index (κ2) is 7.74. The number of piperidine rings is 1. The normalized spacial score (nSPS) is 22.0. The third-order valence-electron chi connectivity index (χ3n) is 5.91. The van der Waals surface area contributed by atoms with Crippen LogP contribution in [-0.4, -0.2) is 46.6 Å². The Morgan fingerprint density at radius 1 is 1.27 bits per heavy atom. The van der Waals surface area contributed by atoms with Crippen LogP contribution in [-0.2, 0) is 15.7 Å². The van der Waals surface area contributed by atoms with Gasteiger partial charge in [0.1, 0.15) is 11.4 Å². The lowest BCUT2D eigenvalue weighted by Crippen LogP contribution is -2.49. The van der Waals surface area contributed by atoms with Gasteiger partial charge in [-0.3, -0.25) is 9.69 Å². The zero-order chi connectivity index (χ0) is 22.3. The third-order valence-corrected chi connectivity index (χ3v) is 5.91. The highest BCUT2D eigenvalue weighted by Gasteiger charge is 2.53. The van der Waals surface area contributed by atoms with Crippen LogP contribution in [0.4, 0.5) is 23.8 Å². The van der Waals surface area contributed by atoms with E-state index in [1.165, 1.54) is 4.90 Å². The number of ether oxygens (including phenoxy) is 1. The highest BCUT2D eigenvalue weighted by atomic mass is 19.4. The summed E-state index contributed by atoms with van der Waals surface area (Å²) in [6.07, 6.45) is -1.78. The number of carbonyl (C=O) groups excluding carboxylic acids is 2. The van der Waals surface area contributed by atoms with Gasteiger partial charge in [0.15, 0.2) is 0 Å². The SMILES string of the molecule is CCC1N(c2cc(C(F)(F)F)ccn2)C(=O)CC12CCN(C(=O)OC(C)(C)C)CC2. The molecule has 0 saturated carbocycles. The smallest absolute Gasteiger partial charge is 0.416 e. The van der Waals surface area contributed by atoms with Crippen molar-refractivity contribution in [2.24, 2.45) is 5.41 Å². The molecule has 0 bridgehead atoms. The molecule has 2 amide bonds. The van der Waals surface area contributed by atoms with Crippen molar-refractivity contribution in [1.82, 2.24) is 9.88 Å². The van der Waals surface area contributed by atoms with Crippen LogP contribution in [0.1, 0.15) is 58.9 Å². The molecule has 1 atom stereocenters. The minimum Gasteiger partial charge on any atom is -0.444 e. The lowest BCUT2D eigenvalue weighted by molar-refractivity contribution is -0.137. The fourth-order valence-electron chi connectivity index (χ4n) is 4.55. The van der Waals surface area contributed by atoms with Crippen LogP contribution in [0.15, 0.2) is 18.3 Å². The first-order valence-electron chi connectivity index (χ1n) is 10.2. The topological polar surface area (TPSA) is 62.7 Å². The number of likely N-dealkylation sites (tertiary alicyclic amines) is 1. The Labute approximate surface area is 174 Å². The minimum atomic E-state index is -4.50. The highest BCUT2D eigenvalue weighted by Crippen LogP contribution is 2.49. The molecule has 2 saturated heterocycles. The third kappa shape index (κ3) is 4.39. The maximum atomic E-state index is 13.1. The lowest BCUT2D eigenvalue weighted by Gasteiger charge is -2.43. The van der Waals surface area contributed by atoms with E-state index in [2.05, 4.69) is 4.98 Å². The Morgan fingerprint density at radius 2 is 1.90 bits per heavy atom. The van der Waals surface area contributed by atoms with Crippen molar-refractivity contribution < 1.29 is 27.5 Å². The number of halogens is 3. The Hall–Kier alpha value is -2.32. The van der Waals surface area contributed by atoms with Crippen molar-refractivity contribution in [2.75, 3.05) is 18.0 Å². The highest BCUT2D eigenvalue weighted by molar-refractivity contribution is 5.96. The molecule has 1 spiro atoms. The van der Waals surface area contributed by atoms with Crippen LogP contribution in [0.5, 0.6) is 0 Å². The molecule has 2 aliphatic rings. The van der Waals surface area contributed by atoms with Crippen LogP contribution >= 0.6 is 0 Å². The molecule has 1 unspecified atom stereocenters. The van der Waals surface area contributed by atoms with Crippen molar-refractivity contribution in [1.29, 1.82) is 0 Å². The summed E-state index contributed by atoms with van der Waals surface area (Å²) in [7, 11) is 0. The molecular formula is C21H28F3N3O3. The molecule has 0 radical (unpaired) electrons. The van der Waals surface area contributed by atoms with Crippen LogP contribution in [0, 0.1) is 5.41 Å². The first kappa shape index (κ1) is 22.4. The van der Waals surface area contributed by atoms with E-state index in [9.17, 15) is 22.8 Å². The Kier molecular flexibility index (Phi) is 5.77. The first-order chi connectivity index (χ1) is 13.9. The van der Waals surface area contributed by atoms with Crippen molar-refractivity contribution >= 4 is 17.8 Å². The maximum Gasteiger partial charge on any atom is 0.416 e. The molecule has 3 heterocycles. The molecule has 2 aliphatic heterocycles. The summed E-state index contributed by atoms with van der Waals surface area (Å²) in [5.74, 6) is -0.187. The Balaban J connectivity index is 1.80. The number of amides is 2. The average Bonchev–Trinajstić information content (AvgIpc) is 2.91. The van der Waals surface area contributed by atoms with Gasteiger partial charge in [-0.15, -0.1) is 0 Å². The largest absolute Gasteiger partial charge is 0.444 e. The van der Waals surface area contributed by atoms with Crippen LogP contribution in [0.25, 0.3) is 0 Å². The Morgan fingerprint density at radius 3 is 2.43 bits per heavy atom. The zero-order valence-corrected chi connectivity index (χ0v) is 17.8. The van der Waals surface area contributed by atoms with Gasteiger partial charge in [0.05, 0.1) is 5.56 Å². The van der Waals surface area contributed by atoms with E-state index < -0.39 is 17.3 Å². The van der Waals surface area contributed by atoms with Gasteiger partial charge in [-0.25, -0.2) is 9.78 Å². The summed E-state index contributed by atoms with van der Waals surface area (Å²) in [6, 6.07) is 1.58. The molecule has 6 nitrogen and oxygen atoms in total. The van der Waals surface area contributed by atoms with E-state index >= 15 is 0 Å². The maximum absolute atomic E-state index is 13.1. The van der Waals surface area contributed by atoms with Gasteiger partial charge in [0, 0.05) is 37.2 Å². The number of aromatic nitrogens is 1. The summed E-state index contributed by atoms with van der Waals surface area (Å²) in [5.41, 5.74) is -1.80. The fourth-order valence-corrected chi connectivity index (χ4v) is 4.55. The molecule has 30 heavy (non-hydrogen) atoms. The van der Waals surface area contributed by atoms with Crippen molar-refractivity contribution in [3.8, 4) is 0 Å². The summed E-state index contributed by atoms with van der Waals surface area (Å²) >= 11 is 0. The molecule has 0 aromatic carbocycles. The van der Waals surface area contributed by atoms with Gasteiger partial charge in [0.2, 0.25) is 5.91 Å². The number of carbonyl (C=O) groups is 2. The molecule has 3 rings (SSSR count). The van der Waals surface area contributed by atoms with Crippen LogP contribution < -0.4 is 4.90 Å². The van der Waals surface area contributed by atoms with Crippen LogP contribution in [0.3, 0.4) is 0 Å². The number of nitrogens with zero attached hydrogens (tertiary/aromatic N) is 3. The van der Waals surface area contributed by atoms with E-state index in [1.807, 2.05) is 6.92 Å². The van der Waals surface area contributed by atoms with Gasteiger partial charge in [-0.05, 0) is 52.2 Å². The van der Waals surface area contributed by atoms with E-state index in [1.54, 1.807) is 25.7 Å². The van der Waals surface area contributed by atoms with Crippen molar-refractivity contribution in [3.63, 3.8) is 0 Å². The molecule has 9 heteroatoms. The summed E-state index contributed by atoms with van der Waals surface area (Å²) in [4.78, 5) is 32.4. The van der Waals surface area contributed by atoms with Crippen molar-refractivity contribution in [3.05, 3.63) is 23.9 Å². The molecule has 1 aromatic heterocycles. The van der Waals surface area contributed by atoms with E-state index in [4.69, 9.17) is 4.74 Å². The van der Waals surface area contributed by atoms with Gasteiger partial charge < -0.3 is 9.64 Å². The van der Waals surface area contributed by atoms with Gasteiger partial charge in [-0.1, -0.05) is 6.92 Å². The van der Waals surface area contributed by atoms with E-state index in [-0.39, 0.29) is 35.7 Å². The van der Waals surface area contributed by atoms with E-state index in [0.29, 0.717) is 32.4 Å². The van der Waals surface area contributed by atoms with E-state index in [0.717, 1.165) is 18.3 Å². The molecule has 2 fully saturated rings. The van der Waals surface area contributed by atoms with Crippen LogP contribution in [0.2, 0.25) is 0 Å². The van der Waals surface area contributed by atoms with Gasteiger partial charge >= 0.3 is 12.3 Å². The first-order valence-corrected chi connectivity index (χ1v) is 10.2. The quantitative estimate of drug-likeness (QED) is 0.690. The number of anilines is 1. The minimum absolute atomic E-state index is 0.0353. The second-order valence-electron chi connectivity index (χ2n) is 9.09. The Bertz CT molecular complexity index is 812. The molecule has 1 aromatic rings. The molecule has 0 N–H and O–H groups in total. The summed E-state index contributed by atoms with van der Waals surface area (Å²) in [6.45, 7) is 8.23. The average molecular weight is 427 g/mol.